The van der Waals surface area contributed by atoms with Crippen LogP contribution in [0.3, 0.4) is 0 Å². The van der Waals surface area contributed by atoms with Gasteiger partial charge in [-0.3, -0.25) is 14.5 Å². The molecule has 0 spiro atoms. The van der Waals surface area contributed by atoms with E-state index in [0.717, 1.165) is 11.8 Å². The fourth-order valence-corrected chi connectivity index (χ4v) is 3.60. The minimum atomic E-state index is -1.04. The largest absolute Gasteiger partial charge is 0.497 e. The Balaban J connectivity index is 1.99. The molecule has 0 aliphatic carbocycles. The molecule has 1 saturated heterocycles. The lowest BCUT2D eigenvalue weighted by molar-refractivity contribution is -0.137. The van der Waals surface area contributed by atoms with Gasteiger partial charge in [0, 0.05) is 0 Å². The van der Waals surface area contributed by atoms with Crippen molar-refractivity contribution in [2.24, 2.45) is 4.99 Å². The van der Waals surface area contributed by atoms with Gasteiger partial charge < -0.3 is 14.6 Å². The molecule has 27 heavy (non-hydrogen) atoms. The molecular formula is C19H18N2O5S. The van der Waals surface area contributed by atoms with Crippen LogP contribution in [0.15, 0.2) is 53.5 Å². The second-order valence-electron chi connectivity index (χ2n) is 5.67. The Labute approximate surface area is 160 Å². The van der Waals surface area contributed by atoms with Crippen LogP contribution in [0.4, 0.5) is 11.4 Å². The summed E-state index contributed by atoms with van der Waals surface area (Å²) in [5.74, 6) is -0.0154. The molecule has 7 nitrogen and oxygen atoms in total. The van der Waals surface area contributed by atoms with Crippen molar-refractivity contribution in [3.05, 3.63) is 48.5 Å². The maximum Gasteiger partial charge on any atom is 0.317 e. The predicted octanol–water partition coefficient (Wildman–Crippen LogP) is 3.31. The first kappa shape index (κ1) is 18.8. The highest BCUT2D eigenvalue weighted by atomic mass is 32.2. The molecule has 1 aliphatic heterocycles. The number of amidine groups is 1. The molecule has 1 heterocycles. The van der Waals surface area contributed by atoms with E-state index in [1.54, 1.807) is 62.8 Å². The Bertz CT molecular complexity index is 865. The Hall–Kier alpha value is -3.00. The lowest BCUT2D eigenvalue weighted by Gasteiger charge is -2.30. The van der Waals surface area contributed by atoms with Crippen LogP contribution in [-0.2, 0) is 9.59 Å². The number of carboxylic acid groups (broad SMARTS) is 1. The number of thioether (sulfide) groups is 1. The normalized spacial score (nSPS) is 18.4. The Morgan fingerprint density at radius 3 is 2.15 bits per heavy atom. The zero-order valence-corrected chi connectivity index (χ0v) is 15.6. The van der Waals surface area contributed by atoms with E-state index in [2.05, 4.69) is 4.99 Å². The van der Waals surface area contributed by atoms with Gasteiger partial charge in [0.1, 0.15) is 16.7 Å². The molecule has 0 radical (unpaired) electrons. The van der Waals surface area contributed by atoms with Gasteiger partial charge in [-0.25, -0.2) is 4.99 Å². The lowest BCUT2D eigenvalue weighted by atomic mass is 10.2. The second kappa shape index (κ2) is 8.13. The van der Waals surface area contributed by atoms with E-state index in [9.17, 15) is 14.7 Å². The van der Waals surface area contributed by atoms with E-state index in [-0.39, 0.29) is 12.3 Å². The van der Waals surface area contributed by atoms with Gasteiger partial charge in [0.05, 0.1) is 32.0 Å². The van der Waals surface area contributed by atoms with Crippen LogP contribution < -0.4 is 14.4 Å². The number of nitrogens with zero attached hydrogens (tertiary/aromatic N) is 2. The highest BCUT2D eigenvalue weighted by Gasteiger charge is 2.36. The van der Waals surface area contributed by atoms with Gasteiger partial charge in [-0.2, -0.15) is 0 Å². The van der Waals surface area contributed by atoms with Crippen LogP contribution in [0.1, 0.15) is 6.42 Å². The topological polar surface area (TPSA) is 88.4 Å². The third-order valence-corrected chi connectivity index (χ3v) is 5.09. The summed E-state index contributed by atoms with van der Waals surface area (Å²) in [6, 6.07) is 13.9. The second-order valence-corrected chi connectivity index (χ2v) is 6.84. The molecule has 140 valence electrons. The Morgan fingerprint density at radius 2 is 1.63 bits per heavy atom. The van der Waals surface area contributed by atoms with Gasteiger partial charge in [-0.05, 0) is 48.5 Å². The number of carbonyl (C=O) groups excluding carboxylic acids is 1. The van der Waals surface area contributed by atoms with E-state index in [0.29, 0.717) is 28.0 Å². The first-order valence-electron chi connectivity index (χ1n) is 8.11. The molecule has 3 rings (SSSR count). The fraction of sp³-hybridized carbons (Fsp3) is 0.211. The lowest BCUT2D eigenvalue weighted by Crippen LogP contribution is -2.44. The third kappa shape index (κ3) is 4.22. The summed E-state index contributed by atoms with van der Waals surface area (Å²) < 4.78 is 10.3. The summed E-state index contributed by atoms with van der Waals surface area (Å²) in [6.45, 7) is 0. The molecule has 1 fully saturated rings. The van der Waals surface area contributed by atoms with E-state index < -0.39 is 11.2 Å². The molecule has 2 aromatic rings. The molecule has 0 saturated carbocycles. The molecule has 0 bridgehead atoms. The van der Waals surface area contributed by atoms with Crippen molar-refractivity contribution in [3.63, 3.8) is 0 Å². The first-order valence-corrected chi connectivity index (χ1v) is 8.99. The van der Waals surface area contributed by atoms with Crippen LogP contribution >= 0.6 is 11.8 Å². The summed E-state index contributed by atoms with van der Waals surface area (Å²) in [5, 5.41) is 8.80. The zero-order valence-electron chi connectivity index (χ0n) is 14.8. The summed E-state index contributed by atoms with van der Waals surface area (Å²) in [5.41, 5.74) is 1.19. The van der Waals surface area contributed by atoms with Crippen molar-refractivity contribution in [2.75, 3.05) is 19.1 Å². The third-order valence-electron chi connectivity index (χ3n) is 3.95. The number of hydrogen-bond donors (Lipinski definition) is 1. The van der Waals surface area contributed by atoms with Crippen molar-refractivity contribution in [1.29, 1.82) is 0 Å². The highest BCUT2D eigenvalue weighted by Crippen LogP contribution is 2.33. The summed E-state index contributed by atoms with van der Waals surface area (Å²) in [7, 11) is 3.13. The van der Waals surface area contributed by atoms with Crippen molar-refractivity contribution >= 4 is 40.2 Å². The van der Waals surface area contributed by atoms with E-state index in [1.165, 1.54) is 4.90 Å². The van der Waals surface area contributed by atoms with Crippen LogP contribution in [-0.4, -0.2) is 41.6 Å². The molecule has 1 amide bonds. The molecule has 8 heteroatoms. The average molecular weight is 386 g/mol. The molecule has 2 aromatic carbocycles. The van der Waals surface area contributed by atoms with Gasteiger partial charge in [-0.15, -0.1) is 0 Å². The highest BCUT2D eigenvalue weighted by molar-refractivity contribution is 8.15. The van der Waals surface area contributed by atoms with Crippen molar-refractivity contribution in [1.82, 2.24) is 0 Å². The van der Waals surface area contributed by atoms with Crippen LogP contribution in [0.5, 0.6) is 11.5 Å². The quantitative estimate of drug-likeness (QED) is 0.848. The number of amides is 1. The summed E-state index contributed by atoms with van der Waals surface area (Å²) in [6.07, 6.45) is -0.104. The average Bonchev–Trinajstić information content (AvgIpc) is 2.68. The van der Waals surface area contributed by atoms with E-state index in [4.69, 9.17) is 9.47 Å². The molecular weight excluding hydrogens is 368 g/mol. The van der Waals surface area contributed by atoms with Gasteiger partial charge in [-0.1, -0.05) is 11.8 Å². The number of methoxy groups -OCH3 is 2. The van der Waals surface area contributed by atoms with Crippen LogP contribution in [0, 0.1) is 0 Å². The number of hydrogen-bond acceptors (Lipinski definition) is 6. The molecule has 1 atom stereocenters. The minimum Gasteiger partial charge on any atom is -0.497 e. The maximum atomic E-state index is 12.7. The first-order chi connectivity index (χ1) is 13.0. The van der Waals surface area contributed by atoms with Crippen molar-refractivity contribution in [2.45, 2.75) is 11.7 Å². The smallest absolute Gasteiger partial charge is 0.317 e. The number of aliphatic carboxylic acids is 1. The van der Waals surface area contributed by atoms with Gasteiger partial charge in [0.15, 0.2) is 5.17 Å². The number of carbonyl (C=O) groups is 2. The zero-order chi connectivity index (χ0) is 19.4. The van der Waals surface area contributed by atoms with Crippen molar-refractivity contribution < 1.29 is 24.2 Å². The maximum absolute atomic E-state index is 12.7. The molecule has 0 unspecified atom stereocenters. The standard InChI is InChI=1S/C19H18N2O5S/c1-25-14-7-3-12(4-8-14)20-19-21(13-5-9-15(26-2)10-6-13)17(22)11-16(27-19)18(23)24/h3-10,16H,11H2,1-2H3,(H,23,24)/t16-/m1/s1. The van der Waals surface area contributed by atoms with Crippen LogP contribution in [0.2, 0.25) is 0 Å². The number of benzene rings is 2. The van der Waals surface area contributed by atoms with Gasteiger partial charge in [0.2, 0.25) is 5.91 Å². The van der Waals surface area contributed by atoms with E-state index in [1.807, 2.05) is 0 Å². The fourth-order valence-electron chi connectivity index (χ4n) is 2.55. The Kier molecular flexibility index (Phi) is 5.66. The molecule has 0 aromatic heterocycles. The SMILES string of the molecule is COc1ccc(N=C2S[C@@H](C(=O)O)CC(=O)N2c2ccc(OC)cc2)cc1. The molecule has 1 N–H and O–H groups in total. The number of ether oxygens (including phenoxy) is 2. The number of carboxylic acids is 1. The van der Waals surface area contributed by atoms with Crippen molar-refractivity contribution in [3.8, 4) is 11.5 Å². The summed E-state index contributed by atoms with van der Waals surface area (Å²) >= 11 is 1.05. The van der Waals surface area contributed by atoms with Crippen LogP contribution in [0.25, 0.3) is 0 Å². The number of aliphatic imine (C=N–C) groups is 1. The van der Waals surface area contributed by atoms with Gasteiger partial charge >= 0.3 is 5.97 Å². The molecule has 1 aliphatic rings. The van der Waals surface area contributed by atoms with Gasteiger partial charge in [0.25, 0.3) is 0 Å². The monoisotopic (exact) mass is 386 g/mol. The summed E-state index contributed by atoms with van der Waals surface area (Å²) in [4.78, 5) is 30.1. The predicted molar refractivity (Wildman–Crippen MR) is 104 cm³/mol. The number of rotatable bonds is 5. The Morgan fingerprint density at radius 1 is 1.07 bits per heavy atom. The van der Waals surface area contributed by atoms with E-state index >= 15 is 0 Å². The minimum absolute atomic E-state index is 0.104. The number of anilines is 1.